The summed E-state index contributed by atoms with van der Waals surface area (Å²) in [6.45, 7) is 1.80. The van der Waals surface area contributed by atoms with E-state index >= 15 is 0 Å². The number of aryl methyl sites for hydroxylation is 1. The summed E-state index contributed by atoms with van der Waals surface area (Å²) in [6.07, 6.45) is 6.69. The van der Waals surface area contributed by atoms with Crippen LogP contribution in [0.15, 0.2) is 72.9 Å². The molecule has 4 heterocycles. The monoisotopic (exact) mass is 466 g/mol. The summed E-state index contributed by atoms with van der Waals surface area (Å²) in [5.74, 6) is 0.189. The van der Waals surface area contributed by atoms with E-state index in [1.165, 1.54) is 0 Å². The maximum atomic E-state index is 13.2. The molecule has 2 aliphatic rings. The van der Waals surface area contributed by atoms with Gasteiger partial charge in [0.05, 0.1) is 17.7 Å². The molecule has 0 radical (unpaired) electrons. The van der Waals surface area contributed by atoms with Gasteiger partial charge in [-0.2, -0.15) is 0 Å². The number of allylic oxidation sites excluding steroid dienone is 1. The number of nitrogens with one attached hydrogen (secondary N) is 1. The standard InChI is InChI=1S/C28H26N4O3/c1-30(2)15-18-11-12-31-16-21(19-7-3-5-9-23(19)31)25-26(28(34)29-27(25)33)22-17-32(13-14-35-18)24-10-6-4-8-20(22)24/h3-10,15-17H,11-14H2,1-2H3,(H,29,33,34)/b18-15+. The first-order valence-corrected chi connectivity index (χ1v) is 11.8. The molecule has 0 unspecified atom stereocenters. The summed E-state index contributed by atoms with van der Waals surface area (Å²) < 4.78 is 10.5. The zero-order valence-electron chi connectivity index (χ0n) is 19.7. The van der Waals surface area contributed by atoms with E-state index in [1.807, 2.05) is 86.1 Å². The first-order chi connectivity index (χ1) is 17.0. The largest absolute Gasteiger partial charge is 0.494 e. The van der Waals surface area contributed by atoms with E-state index in [9.17, 15) is 9.59 Å². The van der Waals surface area contributed by atoms with E-state index in [0.29, 0.717) is 37.3 Å². The van der Waals surface area contributed by atoms with Gasteiger partial charge in [-0.1, -0.05) is 36.4 Å². The van der Waals surface area contributed by atoms with E-state index in [-0.39, 0.29) is 11.8 Å². The van der Waals surface area contributed by atoms with Crippen LogP contribution in [0.2, 0.25) is 0 Å². The second-order valence-electron chi connectivity index (χ2n) is 9.20. The predicted octanol–water partition coefficient (Wildman–Crippen LogP) is 3.99. The lowest BCUT2D eigenvalue weighted by Gasteiger charge is -2.15. The van der Waals surface area contributed by atoms with Gasteiger partial charge >= 0.3 is 0 Å². The summed E-state index contributed by atoms with van der Waals surface area (Å²) in [4.78, 5) is 28.3. The summed E-state index contributed by atoms with van der Waals surface area (Å²) >= 11 is 0. The molecule has 4 aromatic rings. The van der Waals surface area contributed by atoms with Crippen molar-refractivity contribution in [1.29, 1.82) is 0 Å². The van der Waals surface area contributed by atoms with Crippen molar-refractivity contribution < 1.29 is 14.3 Å². The molecular formula is C28H26N4O3. The van der Waals surface area contributed by atoms with Gasteiger partial charge in [-0.05, 0) is 12.1 Å². The van der Waals surface area contributed by atoms with Gasteiger partial charge < -0.3 is 18.8 Å². The van der Waals surface area contributed by atoms with E-state index in [2.05, 4.69) is 14.5 Å². The molecule has 6 rings (SSSR count). The van der Waals surface area contributed by atoms with Crippen LogP contribution >= 0.6 is 0 Å². The molecule has 176 valence electrons. The number of carbonyl (C=O) groups is 2. The van der Waals surface area contributed by atoms with Crippen LogP contribution in [0.3, 0.4) is 0 Å². The van der Waals surface area contributed by atoms with Gasteiger partial charge in [0, 0.05) is 78.6 Å². The molecule has 2 amide bonds. The highest BCUT2D eigenvalue weighted by atomic mass is 16.5. The molecule has 7 heteroatoms. The topological polar surface area (TPSA) is 68.5 Å². The Balaban J connectivity index is 1.65. The molecule has 0 atom stereocenters. The van der Waals surface area contributed by atoms with Crippen molar-refractivity contribution in [2.75, 3.05) is 20.7 Å². The molecule has 2 aromatic carbocycles. The third-order valence-electron chi connectivity index (χ3n) is 6.67. The number of ether oxygens (including phenoxy) is 1. The molecular weight excluding hydrogens is 440 g/mol. The number of fused-ring (bicyclic) bond motifs is 12. The molecule has 35 heavy (non-hydrogen) atoms. The maximum Gasteiger partial charge on any atom is 0.259 e. The highest BCUT2D eigenvalue weighted by Gasteiger charge is 2.35. The van der Waals surface area contributed by atoms with Gasteiger partial charge in [-0.25, -0.2) is 0 Å². The number of nitrogens with zero attached hydrogens (tertiary/aromatic N) is 3. The highest BCUT2D eigenvalue weighted by Crippen LogP contribution is 2.39. The number of aromatic nitrogens is 2. The maximum absolute atomic E-state index is 13.2. The fraction of sp³-hybridized carbons (Fsp3) is 0.214. The summed E-state index contributed by atoms with van der Waals surface area (Å²) in [7, 11) is 3.97. The van der Waals surface area contributed by atoms with E-state index in [0.717, 1.165) is 38.7 Å². The van der Waals surface area contributed by atoms with Crippen LogP contribution in [-0.2, 0) is 27.4 Å². The third-order valence-corrected chi connectivity index (χ3v) is 6.67. The van der Waals surface area contributed by atoms with Gasteiger partial charge in [-0.3, -0.25) is 14.9 Å². The molecule has 0 aliphatic carbocycles. The van der Waals surface area contributed by atoms with Crippen LogP contribution in [0.1, 0.15) is 17.5 Å². The van der Waals surface area contributed by atoms with Gasteiger partial charge in [0.2, 0.25) is 0 Å². The Kier molecular flexibility index (Phi) is 4.99. The Bertz CT molecular complexity index is 1570. The number of carbonyl (C=O) groups excluding carboxylic acids is 2. The molecule has 4 bridgehead atoms. The second kappa shape index (κ2) is 8.20. The Morgan fingerprint density at radius 2 is 1.37 bits per heavy atom. The van der Waals surface area contributed by atoms with Crippen molar-refractivity contribution >= 4 is 44.8 Å². The average Bonchev–Trinajstić information content (AvgIpc) is 3.47. The molecule has 0 saturated carbocycles. The highest BCUT2D eigenvalue weighted by molar-refractivity contribution is 6.50. The number of benzene rings is 2. The fourth-order valence-corrected chi connectivity index (χ4v) is 5.20. The Labute approximate surface area is 202 Å². The lowest BCUT2D eigenvalue weighted by atomic mass is 9.95. The van der Waals surface area contributed by atoms with Crippen LogP contribution in [0.25, 0.3) is 33.0 Å². The molecule has 0 fully saturated rings. The number of hydrogen-bond acceptors (Lipinski definition) is 4. The van der Waals surface area contributed by atoms with Gasteiger partial charge in [-0.15, -0.1) is 0 Å². The summed E-state index contributed by atoms with van der Waals surface area (Å²) in [5, 5.41) is 4.44. The normalized spacial score (nSPS) is 17.5. The number of para-hydroxylation sites is 2. The van der Waals surface area contributed by atoms with Crippen molar-refractivity contribution in [3.05, 3.63) is 84.0 Å². The molecule has 2 aromatic heterocycles. The summed E-state index contributed by atoms with van der Waals surface area (Å²) in [5.41, 5.74) is 4.41. The minimum Gasteiger partial charge on any atom is -0.494 e. The van der Waals surface area contributed by atoms with Crippen molar-refractivity contribution in [1.82, 2.24) is 19.4 Å². The quantitative estimate of drug-likeness (QED) is 0.431. The van der Waals surface area contributed by atoms with Crippen molar-refractivity contribution in [2.24, 2.45) is 0 Å². The Hall–Kier alpha value is -4.26. The average molecular weight is 467 g/mol. The predicted molar refractivity (Wildman–Crippen MR) is 136 cm³/mol. The van der Waals surface area contributed by atoms with Crippen LogP contribution in [0.4, 0.5) is 0 Å². The molecule has 2 aliphatic heterocycles. The molecule has 0 spiro atoms. The van der Waals surface area contributed by atoms with Crippen LogP contribution < -0.4 is 5.32 Å². The molecule has 0 saturated heterocycles. The van der Waals surface area contributed by atoms with Crippen molar-refractivity contribution in [3.63, 3.8) is 0 Å². The van der Waals surface area contributed by atoms with Crippen LogP contribution in [-0.4, -0.2) is 46.6 Å². The van der Waals surface area contributed by atoms with Gasteiger partial charge in [0.25, 0.3) is 11.8 Å². The number of rotatable bonds is 1. The number of hydrogen-bond donors (Lipinski definition) is 1. The van der Waals surface area contributed by atoms with Crippen molar-refractivity contribution in [2.45, 2.75) is 19.5 Å². The first kappa shape index (κ1) is 21.3. The Morgan fingerprint density at radius 3 is 1.94 bits per heavy atom. The fourth-order valence-electron chi connectivity index (χ4n) is 5.20. The lowest BCUT2D eigenvalue weighted by molar-refractivity contribution is -0.122. The van der Waals surface area contributed by atoms with Gasteiger partial charge in [0.15, 0.2) is 0 Å². The number of imide groups is 1. The third kappa shape index (κ3) is 3.51. The van der Waals surface area contributed by atoms with Crippen LogP contribution in [0, 0.1) is 0 Å². The number of amides is 2. The summed E-state index contributed by atoms with van der Waals surface area (Å²) in [6, 6.07) is 16.0. The van der Waals surface area contributed by atoms with Crippen LogP contribution in [0.5, 0.6) is 0 Å². The van der Waals surface area contributed by atoms with E-state index < -0.39 is 0 Å². The Morgan fingerprint density at radius 1 is 0.829 bits per heavy atom. The lowest BCUT2D eigenvalue weighted by Crippen LogP contribution is -2.22. The van der Waals surface area contributed by atoms with E-state index in [4.69, 9.17) is 4.74 Å². The molecule has 7 nitrogen and oxygen atoms in total. The SMILES string of the molecule is CN(C)/C=C1\CCn2cc(c3ccccc32)C2=C(C(=O)NC2=O)c2cn(c3ccccc23)CCO1. The minimum atomic E-state index is -0.357. The van der Waals surface area contributed by atoms with Crippen molar-refractivity contribution in [3.8, 4) is 0 Å². The minimum absolute atomic E-state index is 0.353. The van der Waals surface area contributed by atoms with Gasteiger partial charge in [0.1, 0.15) is 12.4 Å². The second-order valence-corrected chi connectivity index (χ2v) is 9.20. The zero-order valence-corrected chi connectivity index (χ0v) is 19.7. The molecule has 1 N–H and O–H groups in total. The first-order valence-electron chi connectivity index (χ1n) is 11.8. The zero-order chi connectivity index (χ0) is 24.1. The van der Waals surface area contributed by atoms with E-state index in [1.54, 1.807) is 0 Å². The smallest absolute Gasteiger partial charge is 0.259 e.